The van der Waals surface area contributed by atoms with E-state index in [1.54, 1.807) is 12.1 Å². The van der Waals surface area contributed by atoms with Crippen LogP contribution in [0.3, 0.4) is 0 Å². The highest BCUT2D eigenvalue weighted by Gasteiger charge is 2.08. The van der Waals surface area contributed by atoms with E-state index in [1.807, 2.05) is 6.07 Å². The zero-order valence-corrected chi connectivity index (χ0v) is 9.05. The quantitative estimate of drug-likeness (QED) is 0.862. The monoisotopic (exact) mass is 265 g/mol. The summed E-state index contributed by atoms with van der Waals surface area (Å²) >= 11 is 3.17. The first kappa shape index (κ1) is 9.87. The molecule has 0 aliphatic heterocycles. The predicted octanol–water partition coefficient (Wildman–Crippen LogP) is 2.85. The van der Waals surface area contributed by atoms with Gasteiger partial charge >= 0.3 is 0 Å². The molecule has 5 heteroatoms. The number of imidazole rings is 1. The Balaban J connectivity index is 2.46. The number of benzene rings is 1. The van der Waals surface area contributed by atoms with Crippen LogP contribution in [0.4, 0.5) is 4.39 Å². The molecule has 2 aromatic rings. The number of nitrogens with zero attached hydrogens (tertiary/aromatic N) is 2. The van der Waals surface area contributed by atoms with E-state index in [-0.39, 0.29) is 11.5 Å². The van der Waals surface area contributed by atoms with Crippen LogP contribution in [0.25, 0.3) is 11.4 Å². The van der Waals surface area contributed by atoms with Crippen molar-refractivity contribution < 1.29 is 4.39 Å². The molecular formula is C10H5BrFN3. The molecule has 1 aromatic carbocycles. The van der Waals surface area contributed by atoms with Gasteiger partial charge in [0.2, 0.25) is 0 Å². The van der Waals surface area contributed by atoms with Crippen molar-refractivity contribution in [3.8, 4) is 17.5 Å². The number of hydrogen-bond donors (Lipinski definition) is 1. The van der Waals surface area contributed by atoms with Crippen LogP contribution in [0, 0.1) is 17.1 Å². The van der Waals surface area contributed by atoms with Crippen molar-refractivity contribution in [1.82, 2.24) is 9.97 Å². The van der Waals surface area contributed by atoms with E-state index < -0.39 is 0 Å². The first-order valence-electron chi connectivity index (χ1n) is 4.12. The second kappa shape index (κ2) is 3.83. The Bertz CT molecular complexity index is 525. The number of aromatic nitrogens is 2. The molecule has 0 bridgehead atoms. The molecule has 0 amide bonds. The van der Waals surface area contributed by atoms with E-state index in [0.29, 0.717) is 10.4 Å². The fraction of sp³-hybridized carbons (Fsp3) is 0. The molecule has 0 atom stereocenters. The molecule has 1 heterocycles. The highest BCUT2D eigenvalue weighted by Crippen LogP contribution is 2.21. The van der Waals surface area contributed by atoms with Crippen LogP contribution >= 0.6 is 15.9 Å². The zero-order valence-electron chi connectivity index (χ0n) is 7.46. The summed E-state index contributed by atoms with van der Waals surface area (Å²) in [5.41, 5.74) is 1.02. The smallest absolute Gasteiger partial charge is 0.173 e. The molecule has 0 radical (unpaired) electrons. The summed E-state index contributed by atoms with van der Waals surface area (Å²) in [6.45, 7) is 0. The third-order valence-electron chi connectivity index (χ3n) is 1.88. The molecule has 0 fully saturated rings. The van der Waals surface area contributed by atoms with Crippen molar-refractivity contribution in [2.45, 2.75) is 0 Å². The summed E-state index contributed by atoms with van der Waals surface area (Å²) in [7, 11) is 0. The van der Waals surface area contributed by atoms with Gasteiger partial charge in [0, 0.05) is 5.56 Å². The zero-order chi connectivity index (χ0) is 10.8. The van der Waals surface area contributed by atoms with Crippen molar-refractivity contribution in [2.24, 2.45) is 0 Å². The molecule has 0 aliphatic carbocycles. The predicted molar refractivity (Wildman–Crippen MR) is 56.4 cm³/mol. The lowest BCUT2D eigenvalue weighted by atomic mass is 10.2. The second-order valence-electron chi connectivity index (χ2n) is 2.87. The molecule has 0 saturated heterocycles. The molecule has 0 spiro atoms. The lowest BCUT2D eigenvalue weighted by Gasteiger charge is -1.94. The molecule has 3 nitrogen and oxygen atoms in total. The molecule has 1 N–H and O–H groups in total. The minimum absolute atomic E-state index is 0.286. The highest BCUT2D eigenvalue weighted by molar-refractivity contribution is 9.10. The Morgan fingerprint density at radius 3 is 2.53 bits per heavy atom. The van der Waals surface area contributed by atoms with Crippen molar-refractivity contribution in [1.29, 1.82) is 5.26 Å². The number of aromatic amines is 1. The average molecular weight is 266 g/mol. The number of nitrogens with one attached hydrogen (secondary N) is 1. The maximum Gasteiger partial charge on any atom is 0.173 e. The van der Waals surface area contributed by atoms with E-state index in [1.165, 1.54) is 12.1 Å². The molecule has 0 unspecified atom stereocenters. The third kappa shape index (κ3) is 1.90. The Kier molecular flexibility index (Phi) is 2.52. The minimum atomic E-state index is -0.301. The molecule has 0 saturated carbocycles. The van der Waals surface area contributed by atoms with Crippen LogP contribution < -0.4 is 0 Å². The number of nitriles is 1. The largest absolute Gasteiger partial charge is 0.332 e. The van der Waals surface area contributed by atoms with Gasteiger partial charge in [-0.1, -0.05) is 0 Å². The van der Waals surface area contributed by atoms with E-state index >= 15 is 0 Å². The van der Waals surface area contributed by atoms with Gasteiger partial charge in [-0.15, -0.1) is 0 Å². The average Bonchev–Trinajstić information content (AvgIpc) is 2.61. The maximum atomic E-state index is 12.7. The first-order chi connectivity index (χ1) is 7.20. The minimum Gasteiger partial charge on any atom is -0.332 e. The Morgan fingerprint density at radius 1 is 1.33 bits per heavy atom. The lowest BCUT2D eigenvalue weighted by Crippen LogP contribution is -1.81. The van der Waals surface area contributed by atoms with Crippen LogP contribution in [0.15, 0.2) is 28.9 Å². The molecule has 74 valence electrons. The summed E-state index contributed by atoms with van der Waals surface area (Å²) in [6.07, 6.45) is 0. The molecule has 2 rings (SSSR count). The fourth-order valence-corrected chi connectivity index (χ4v) is 1.54. The van der Waals surface area contributed by atoms with E-state index in [2.05, 4.69) is 25.9 Å². The van der Waals surface area contributed by atoms with Gasteiger partial charge in [0.05, 0.1) is 0 Å². The van der Waals surface area contributed by atoms with E-state index in [9.17, 15) is 4.39 Å². The van der Waals surface area contributed by atoms with Gasteiger partial charge in [0.25, 0.3) is 0 Å². The standard InChI is InChI=1S/C10H5BrFN3/c11-9-8(5-13)14-10(15-9)6-1-3-7(12)4-2-6/h1-4H,(H,14,15). The Labute approximate surface area is 93.7 Å². The van der Waals surface area contributed by atoms with Crippen LogP contribution in [0.1, 0.15) is 5.69 Å². The second-order valence-corrected chi connectivity index (χ2v) is 3.66. The fourth-order valence-electron chi connectivity index (χ4n) is 1.17. The van der Waals surface area contributed by atoms with Crippen LogP contribution in [-0.2, 0) is 0 Å². The highest BCUT2D eigenvalue weighted by atomic mass is 79.9. The first-order valence-corrected chi connectivity index (χ1v) is 4.91. The molecule has 1 aromatic heterocycles. The van der Waals surface area contributed by atoms with Crippen molar-refractivity contribution in [3.05, 3.63) is 40.4 Å². The van der Waals surface area contributed by atoms with Gasteiger partial charge in [-0.05, 0) is 40.2 Å². The number of rotatable bonds is 1. The molecule has 0 aliphatic rings. The summed E-state index contributed by atoms with van der Waals surface area (Å²) in [5, 5.41) is 8.70. The summed E-state index contributed by atoms with van der Waals surface area (Å²) in [4.78, 5) is 6.93. The van der Waals surface area contributed by atoms with Crippen molar-refractivity contribution >= 4 is 15.9 Å². The van der Waals surface area contributed by atoms with Crippen molar-refractivity contribution in [2.75, 3.05) is 0 Å². The van der Waals surface area contributed by atoms with E-state index in [0.717, 1.165) is 5.56 Å². The third-order valence-corrected chi connectivity index (χ3v) is 2.46. The van der Waals surface area contributed by atoms with E-state index in [4.69, 9.17) is 5.26 Å². The topological polar surface area (TPSA) is 52.5 Å². The Hall–Kier alpha value is -1.67. The Morgan fingerprint density at radius 2 is 2.00 bits per heavy atom. The van der Waals surface area contributed by atoms with Gasteiger partial charge in [0.1, 0.15) is 22.3 Å². The summed E-state index contributed by atoms with van der Waals surface area (Å²) in [6, 6.07) is 7.82. The molecule has 15 heavy (non-hydrogen) atoms. The number of halogens is 2. The SMILES string of the molecule is N#Cc1nc(-c2ccc(F)cc2)[nH]c1Br. The van der Waals surface area contributed by atoms with Crippen LogP contribution in [-0.4, -0.2) is 9.97 Å². The van der Waals surface area contributed by atoms with Gasteiger partial charge in [-0.2, -0.15) is 5.26 Å². The van der Waals surface area contributed by atoms with Gasteiger partial charge in [0.15, 0.2) is 5.69 Å². The molecular weight excluding hydrogens is 261 g/mol. The number of H-pyrrole nitrogens is 1. The van der Waals surface area contributed by atoms with Crippen molar-refractivity contribution in [3.63, 3.8) is 0 Å². The van der Waals surface area contributed by atoms with Crippen LogP contribution in [0.5, 0.6) is 0 Å². The van der Waals surface area contributed by atoms with Gasteiger partial charge in [-0.3, -0.25) is 0 Å². The normalized spacial score (nSPS) is 9.93. The lowest BCUT2D eigenvalue weighted by molar-refractivity contribution is 0.628. The summed E-state index contributed by atoms with van der Waals surface area (Å²) in [5.74, 6) is 0.239. The number of hydrogen-bond acceptors (Lipinski definition) is 2. The van der Waals surface area contributed by atoms with Crippen LogP contribution in [0.2, 0.25) is 0 Å². The van der Waals surface area contributed by atoms with Gasteiger partial charge < -0.3 is 4.98 Å². The van der Waals surface area contributed by atoms with Gasteiger partial charge in [-0.25, -0.2) is 9.37 Å². The summed E-state index contributed by atoms with van der Waals surface area (Å²) < 4.78 is 13.2. The maximum absolute atomic E-state index is 12.7.